The Bertz CT molecular complexity index is 438. The topological polar surface area (TPSA) is 37.4 Å². The summed E-state index contributed by atoms with van der Waals surface area (Å²) in [5, 5.41) is 0. The van der Waals surface area contributed by atoms with Crippen LogP contribution >= 0.6 is 0 Å². The van der Waals surface area contributed by atoms with Crippen molar-refractivity contribution < 1.29 is 9.59 Å². The molecule has 0 aromatic carbocycles. The van der Waals surface area contributed by atoms with Crippen molar-refractivity contribution in [3.8, 4) is 0 Å². The fraction of sp³-hybridized carbons (Fsp3) is 0.733. The molecule has 1 aliphatic heterocycles. The van der Waals surface area contributed by atoms with Gasteiger partial charge in [0.2, 0.25) is 11.8 Å². The van der Waals surface area contributed by atoms with Gasteiger partial charge in [-0.3, -0.25) is 14.5 Å². The summed E-state index contributed by atoms with van der Waals surface area (Å²) >= 11 is 0. The molecule has 3 heteroatoms. The molecule has 0 aromatic heterocycles. The predicted octanol–water partition coefficient (Wildman–Crippen LogP) is 2.52. The van der Waals surface area contributed by atoms with Gasteiger partial charge in [0.25, 0.3) is 0 Å². The number of rotatable bonds is 2. The second-order valence-electron chi connectivity index (χ2n) is 5.95. The van der Waals surface area contributed by atoms with E-state index in [0.29, 0.717) is 5.92 Å². The summed E-state index contributed by atoms with van der Waals surface area (Å²) < 4.78 is 0. The Morgan fingerprint density at radius 1 is 1.22 bits per heavy atom. The van der Waals surface area contributed by atoms with Crippen LogP contribution in [0.25, 0.3) is 0 Å². The van der Waals surface area contributed by atoms with Gasteiger partial charge in [0, 0.05) is 7.05 Å². The standard InChI is InChI=1S/C15H21NO2/c1-3-5-11-10-7-4-6-9(10)8-12-13(11)15(18)16(2)14(12)17/h11-13H,3-8H2,1-2H3/t11-,12+,13-/m1/s1. The van der Waals surface area contributed by atoms with Crippen molar-refractivity contribution in [2.45, 2.75) is 45.4 Å². The molecule has 0 unspecified atom stereocenters. The molecule has 0 spiro atoms. The molecule has 18 heavy (non-hydrogen) atoms. The molecule has 3 atom stereocenters. The van der Waals surface area contributed by atoms with Crippen LogP contribution in [0, 0.1) is 17.8 Å². The number of allylic oxidation sites excluding steroid dienone is 2. The van der Waals surface area contributed by atoms with Gasteiger partial charge in [-0.15, -0.1) is 0 Å². The van der Waals surface area contributed by atoms with E-state index in [2.05, 4.69) is 6.92 Å². The van der Waals surface area contributed by atoms with Crippen LogP contribution in [0.4, 0.5) is 0 Å². The zero-order valence-electron chi connectivity index (χ0n) is 11.2. The Labute approximate surface area is 108 Å². The fourth-order valence-corrected chi connectivity index (χ4v) is 4.23. The Balaban J connectivity index is 2.00. The summed E-state index contributed by atoms with van der Waals surface area (Å²) in [6.07, 6.45) is 6.55. The molecular weight excluding hydrogens is 226 g/mol. The van der Waals surface area contributed by atoms with Crippen LogP contribution in [0.2, 0.25) is 0 Å². The number of carbonyl (C=O) groups is 2. The Morgan fingerprint density at radius 2 is 2.00 bits per heavy atom. The molecule has 0 saturated carbocycles. The Morgan fingerprint density at radius 3 is 2.72 bits per heavy atom. The molecule has 98 valence electrons. The molecule has 0 N–H and O–H groups in total. The van der Waals surface area contributed by atoms with Crippen LogP contribution in [0.5, 0.6) is 0 Å². The number of amides is 2. The predicted molar refractivity (Wildman–Crippen MR) is 68.6 cm³/mol. The van der Waals surface area contributed by atoms with Gasteiger partial charge in [0.1, 0.15) is 0 Å². The van der Waals surface area contributed by atoms with Crippen LogP contribution in [-0.4, -0.2) is 23.8 Å². The minimum absolute atomic E-state index is 0.0423. The SMILES string of the molecule is CCC[C@@H]1C2=C(CCC2)C[C@@H]2C(=O)N(C)C(=O)[C@@H]21. The molecule has 0 radical (unpaired) electrons. The van der Waals surface area contributed by atoms with E-state index in [-0.39, 0.29) is 23.7 Å². The maximum atomic E-state index is 12.3. The van der Waals surface area contributed by atoms with Crippen molar-refractivity contribution in [3.63, 3.8) is 0 Å². The van der Waals surface area contributed by atoms with Gasteiger partial charge >= 0.3 is 0 Å². The Kier molecular flexibility index (Phi) is 2.80. The first-order chi connectivity index (χ1) is 8.65. The summed E-state index contributed by atoms with van der Waals surface area (Å²) in [5.41, 5.74) is 3.04. The first kappa shape index (κ1) is 11.9. The summed E-state index contributed by atoms with van der Waals surface area (Å²) in [4.78, 5) is 25.9. The lowest BCUT2D eigenvalue weighted by Crippen LogP contribution is -2.32. The third kappa shape index (κ3) is 1.49. The fourth-order valence-electron chi connectivity index (χ4n) is 4.23. The number of nitrogens with zero attached hydrogens (tertiary/aromatic N) is 1. The van der Waals surface area contributed by atoms with Crippen LogP contribution in [-0.2, 0) is 9.59 Å². The largest absolute Gasteiger partial charge is 0.285 e. The van der Waals surface area contributed by atoms with Gasteiger partial charge in [0.15, 0.2) is 0 Å². The van der Waals surface area contributed by atoms with E-state index in [1.165, 1.54) is 22.5 Å². The molecule has 2 aliphatic carbocycles. The van der Waals surface area contributed by atoms with E-state index in [1.54, 1.807) is 7.05 Å². The number of hydrogen-bond acceptors (Lipinski definition) is 2. The van der Waals surface area contributed by atoms with E-state index >= 15 is 0 Å². The Hall–Kier alpha value is -1.12. The van der Waals surface area contributed by atoms with E-state index in [0.717, 1.165) is 32.1 Å². The highest BCUT2D eigenvalue weighted by molar-refractivity contribution is 6.05. The molecule has 3 rings (SSSR count). The van der Waals surface area contributed by atoms with Crippen LogP contribution in [0.3, 0.4) is 0 Å². The normalized spacial score (nSPS) is 35.2. The highest BCUT2D eigenvalue weighted by Gasteiger charge is 2.52. The van der Waals surface area contributed by atoms with Crippen molar-refractivity contribution in [2.24, 2.45) is 17.8 Å². The first-order valence-corrected chi connectivity index (χ1v) is 7.17. The highest BCUT2D eigenvalue weighted by Crippen LogP contribution is 2.50. The highest BCUT2D eigenvalue weighted by atomic mass is 16.2. The number of likely N-dealkylation sites (tertiary alicyclic amines) is 1. The second-order valence-corrected chi connectivity index (χ2v) is 5.95. The molecule has 3 aliphatic rings. The van der Waals surface area contributed by atoms with Crippen molar-refractivity contribution in [1.29, 1.82) is 0 Å². The van der Waals surface area contributed by atoms with Gasteiger partial charge in [0.05, 0.1) is 11.8 Å². The van der Waals surface area contributed by atoms with E-state index in [9.17, 15) is 9.59 Å². The molecule has 2 amide bonds. The molecular formula is C15H21NO2. The lowest BCUT2D eigenvalue weighted by molar-refractivity contribution is -0.138. The molecule has 1 fully saturated rings. The van der Waals surface area contributed by atoms with Crippen molar-refractivity contribution >= 4 is 11.8 Å². The number of fused-ring (bicyclic) bond motifs is 1. The van der Waals surface area contributed by atoms with Gasteiger partial charge < -0.3 is 0 Å². The van der Waals surface area contributed by atoms with E-state index in [1.807, 2.05) is 0 Å². The second kappa shape index (κ2) is 4.22. The maximum absolute atomic E-state index is 12.3. The van der Waals surface area contributed by atoms with Crippen molar-refractivity contribution in [3.05, 3.63) is 11.1 Å². The van der Waals surface area contributed by atoms with Crippen LogP contribution < -0.4 is 0 Å². The first-order valence-electron chi connectivity index (χ1n) is 7.17. The van der Waals surface area contributed by atoms with Gasteiger partial charge in [-0.05, 0) is 38.0 Å². The summed E-state index contributed by atoms with van der Waals surface area (Å²) in [7, 11) is 1.65. The smallest absolute Gasteiger partial charge is 0.233 e. The monoisotopic (exact) mass is 247 g/mol. The lowest BCUT2D eigenvalue weighted by atomic mass is 9.69. The average molecular weight is 247 g/mol. The quantitative estimate of drug-likeness (QED) is 0.555. The van der Waals surface area contributed by atoms with E-state index < -0.39 is 0 Å². The number of hydrogen-bond donors (Lipinski definition) is 0. The minimum Gasteiger partial charge on any atom is -0.285 e. The van der Waals surface area contributed by atoms with Crippen LogP contribution in [0.15, 0.2) is 11.1 Å². The third-order valence-electron chi connectivity index (χ3n) is 5.02. The molecule has 0 aromatic rings. The van der Waals surface area contributed by atoms with Gasteiger partial charge in [-0.1, -0.05) is 24.5 Å². The zero-order chi connectivity index (χ0) is 12.9. The van der Waals surface area contributed by atoms with E-state index in [4.69, 9.17) is 0 Å². The molecule has 3 nitrogen and oxygen atoms in total. The lowest BCUT2D eigenvalue weighted by Gasteiger charge is -2.32. The van der Waals surface area contributed by atoms with Crippen molar-refractivity contribution in [2.75, 3.05) is 7.05 Å². The third-order valence-corrected chi connectivity index (χ3v) is 5.02. The summed E-state index contributed by atoms with van der Waals surface area (Å²) in [6.45, 7) is 2.17. The van der Waals surface area contributed by atoms with Gasteiger partial charge in [-0.25, -0.2) is 0 Å². The van der Waals surface area contributed by atoms with Gasteiger partial charge in [-0.2, -0.15) is 0 Å². The average Bonchev–Trinajstić information content (AvgIpc) is 2.90. The molecule has 1 heterocycles. The van der Waals surface area contributed by atoms with Crippen molar-refractivity contribution in [1.82, 2.24) is 4.90 Å². The number of imide groups is 1. The molecule has 1 saturated heterocycles. The zero-order valence-corrected chi connectivity index (χ0v) is 11.2. The summed E-state index contributed by atoms with van der Waals surface area (Å²) in [5.74, 6) is 0.398. The summed E-state index contributed by atoms with van der Waals surface area (Å²) in [6, 6.07) is 0. The maximum Gasteiger partial charge on any atom is 0.233 e. The number of carbonyl (C=O) groups excluding carboxylic acids is 2. The minimum atomic E-state index is -0.0455. The molecule has 0 bridgehead atoms. The van der Waals surface area contributed by atoms with Crippen LogP contribution in [0.1, 0.15) is 45.4 Å².